The fraction of sp³-hybridized carbons (Fsp3) is 0. The second-order valence-corrected chi connectivity index (χ2v) is 5.61. The molecule has 0 aliphatic carbocycles. The van der Waals surface area contributed by atoms with Crippen LogP contribution in [0.15, 0.2) is 39.6 Å². The Hall–Kier alpha value is -2.25. The van der Waals surface area contributed by atoms with Gasteiger partial charge in [-0.1, -0.05) is 0 Å². The van der Waals surface area contributed by atoms with Crippen molar-refractivity contribution in [2.24, 2.45) is 0 Å². The van der Waals surface area contributed by atoms with Crippen LogP contribution in [0.1, 0.15) is 0 Å². The number of hydrogen-bond acceptors (Lipinski definition) is 5. The maximum Gasteiger partial charge on any atom is 0.296 e. The lowest BCUT2D eigenvalue weighted by atomic mass is 10.1. The van der Waals surface area contributed by atoms with Crippen molar-refractivity contribution in [2.75, 3.05) is 11.5 Å². The molecule has 0 amide bonds. The minimum atomic E-state index is -4.38. The van der Waals surface area contributed by atoms with Gasteiger partial charge in [-0.25, -0.2) is 0 Å². The normalized spacial score (nSPS) is 12.3. The standard InChI is InChI=1S/C12H10N2O4S/c13-6-1-2-7-8-4-9(14)12(19(15,16)17)5-11(8)18-10(7)3-6/h1-5H,13-14H2,(H,15,16,17). The highest BCUT2D eigenvalue weighted by molar-refractivity contribution is 7.86. The van der Waals surface area contributed by atoms with E-state index in [0.29, 0.717) is 22.2 Å². The average molecular weight is 278 g/mol. The lowest BCUT2D eigenvalue weighted by Crippen LogP contribution is -2.02. The van der Waals surface area contributed by atoms with Crippen LogP contribution < -0.4 is 11.5 Å². The number of benzene rings is 2. The van der Waals surface area contributed by atoms with Crippen molar-refractivity contribution in [1.29, 1.82) is 0 Å². The van der Waals surface area contributed by atoms with Crippen LogP contribution in [0.5, 0.6) is 0 Å². The van der Waals surface area contributed by atoms with Gasteiger partial charge in [0.2, 0.25) is 0 Å². The molecule has 19 heavy (non-hydrogen) atoms. The highest BCUT2D eigenvalue weighted by Crippen LogP contribution is 2.34. The molecule has 5 N–H and O–H groups in total. The number of nitrogen functional groups attached to an aromatic ring is 2. The van der Waals surface area contributed by atoms with Crippen LogP contribution in [0.4, 0.5) is 11.4 Å². The summed E-state index contributed by atoms with van der Waals surface area (Å²) >= 11 is 0. The fourth-order valence-electron chi connectivity index (χ4n) is 2.06. The molecule has 98 valence electrons. The summed E-state index contributed by atoms with van der Waals surface area (Å²) in [5.41, 5.74) is 12.7. The van der Waals surface area contributed by atoms with Crippen molar-refractivity contribution < 1.29 is 17.4 Å². The summed E-state index contributed by atoms with van der Waals surface area (Å²) in [6.45, 7) is 0. The van der Waals surface area contributed by atoms with Crippen molar-refractivity contribution in [3.05, 3.63) is 30.3 Å². The maximum absolute atomic E-state index is 11.2. The molecule has 2 aromatic carbocycles. The van der Waals surface area contributed by atoms with Crippen molar-refractivity contribution in [3.63, 3.8) is 0 Å². The zero-order valence-corrected chi connectivity index (χ0v) is 10.4. The first kappa shape index (κ1) is 11.8. The molecule has 0 atom stereocenters. The molecule has 3 aromatic rings. The monoisotopic (exact) mass is 278 g/mol. The number of nitrogens with two attached hydrogens (primary N) is 2. The molecule has 3 rings (SSSR count). The van der Waals surface area contributed by atoms with Crippen LogP contribution in [0.3, 0.4) is 0 Å². The van der Waals surface area contributed by atoms with E-state index in [-0.39, 0.29) is 10.6 Å². The predicted molar refractivity (Wildman–Crippen MR) is 72.4 cm³/mol. The lowest BCUT2D eigenvalue weighted by molar-refractivity contribution is 0.483. The van der Waals surface area contributed by atoms with Gasteiger partial charge in [-0.15, -0.1) is 0 Å². The highest BCUT2D eigenvalue weighted by atomic mass is 32.2. The third kappa shape index (κ3) is 1.79. The van der Waals surface area contributed by atoms with Crippen molar-refractivity contribution in [1.82, 2.24) is 0 Å². The van der Waals surface area contributed by atoms with Gasteiger partial charge < -0.3 is 15.9 Å². The van der Waals surface area contributed by atoms with E-state index in [1.165, 1.54) is 12.1 Å². The zero-order chi connectivity index (χ0) is 13.8. The van der Waals surface area contributed by atoms with Gasteiger partial charge in [0.15, 0.2) is 0 Å². The molecular weight excluding hydrogens is 268 g/mol. The first-order valence-electron chi connectivity index (χ1n) is 5.35. The number of anilines is 2. The SMILES string of the molecule is Nc1ccc2c(c1)oc1cc(S(=O)(=O)O)c(N)cc12. The minimum Gasteiger partial charge on any atom is -0.456 e. The molecule has 0 unspecified atom stereocenters. The first-order valence-corrected chi connectivity index (χ1v) is 6.79. The van der Waals surface area contributed by atoms with E-state index in [1.54, 1.807) is 18.2 Å². The van der Waals surface area contributed by atoms with Crippen molar-refractivity contribution in [2.45, 2.75) is 4.90 Å². The van der Waals surface area contributed by atoms with Crippen molar-refractivity contribution in [3.8, 4) is 0 Å². The van der Waals surface area contributed by atoms with Gasteiger partial charge in [0, 0.05) is 28.6 Å². The summed E-state index contributed by atoms with van der Waals surface area (Å²) in [7, 11) is -4.38. The molecule has 1 heterocycles. The van der Waals surface area contributed by atoms with E-state index in [0.717, 1.165) is 5.39 Å². The van der Waals surface area contributed by atoms with Crippen molar-refractivity contribution >= 4 is 43.4 Å². The Morgan fingerprint density at radius 2 is 1.68 bits per heavy atom. The minimum absolute atomic E-state index is 0.0328. The first-order chi connectivity index (χ1) is 8.86. The van der Waals surface area contributed by atoms with Gasteiger partial charge in [-0.3, -0.25) is 4.55 Å². The quantitative estimate of drug-likeness (QED) is 0.462. The Labute approximate surface area is 108 Å². The molecule has 0 bridgehead atoms. The molecule has 0 saturated carbocycles. The second-order valence-electron chi connectivity index (χ2n) is 4.22. The molecule has 0 saturated heterocycles. The fourth-order valence-corrected chi connectivity index (χ4v) is 2.67. The van der Waals surface area contributed by atoms with Gasteiger partial charge in [-0.2, -0.15) is 8.42 Å². The highest BCUT2D eigenvalue weighted by Gasteiger charge is 2.18. The summed E-state index contributed by atoms with van der Waals surface area (Å²) in [4.78, 5) is -0.368. The van der Waals surface area contributed by atoms with E-state index >= 15 is 0 Å². The van der Waals surface area contributed by atoms with Crippen LogP contribution in [-0.4, -0.2) is 13.0 Å². The third-order valence-electron chi connectivity index (χ3n) is 2.91. The van der Waals surface area contributed by atoms with Gasteiger partial charge >= 0.3 is 0 Å². The molecule has 0 fully saturated rings. The largest absolute Gasteiger partial charge is 0.456 e. The lowest BCUT2D eigenvalue weighted by Gasteiger charge is -2.01. The van der Waals surface area contributed by atoms with Crippen LogP contribution >= 0.6 is 0 Å². The molecule has 7 heteroatoms. The molecule has 0 aliphatic heterocycles. The molecule has 0 spiro atoms. The topological polar surface area (TPSA) is 120 Å². The predicted octanol–water partition coefficient (Wildman–Crippen LogP) is 2.00. The van der Waals surface area contributed by atoms with Crippen LogP contribution in [-0.2, 0) is 10.1 Å². The Morgan fingerprint density at radius 1 is 1.00 bits per heavy atom. The molecule has 1 aromatic heterocycles. The number of hydrogen-bond donors (Lipinski definition) is 3. The third-order valence-corrected chi connectivity index (χ3v) is 3.82. The Bertz CT molecular complexity index is 912. The van der Waals surface area contributed by atoms with E-state index in [9.17, 15) is 8.42 Å². The van der Waals surface area contributed by atoms with Gasteiger partial charge in [0.1, 0.15) is 16.1 Å². The maximum atomic E-state index is 11.2. The second kappa shape index (κ2) is 3.62. The van der Waals surface area contributed by atoms with Gasteiger partial charge in [0.05, 0.1) is 5.69 Å². The van der Waals surface area contributed by atoms with Crippen LogP contribution in [0, 0.1) is 0 Å². The average Bonchev–Trinajstić information content (AvgIpc) is 2.63. The zero-order valence-electron chi connectivity index (χ0n) is 9.62. The molecule has 0 radical (unpaired) electrons. The number of furan rings is 1. The summed E-state index contributed by atoms with van der Waals surface area (Å²) in [6, 6.07) is 7.78. The van der Waals surface area contributed by atoms with Crippen LogP contribution in [0.2, 0.25) is 0 Å². The molecular formula is C12H10N2O4S. The molecule has 0 aliphatic rings. The number of rotatable bonds is 1. The van der Waals surface area contributed by atoms with Gasteiger partial charge in [-0.05, 0) is 18.2 Å². The smallest absolute Gasteiger partial charge is 0.296 e. The molecule has 6 nitrogen and oxygen atoms in total. The Morgan fingerprint density at radius 3 is 2.37 bits per heavy atom. The Balaban J connectivity index is 2.45. The Kier molecular flexibility index (Phi) is 2.25. The van der Waals surface area contributed by atoms with E-state index in [2.05, 4.69) is 0 Å². The summed E-state index contributed by atoms with van der Waals surface area (Å²) in [6.07, 6.45) is 0. The summed E-state index contributed by atoms with van der Waals surface area (Å²) < 4.78 is 37.0. The summed E-state index contributed by atoms with van der Waals surface area (Å²) in [5.74, 6) is 0. The van der Waals surface area contributed by atoms with Gasteiger partial charge in [0.25, 0.3) is 10.1 Å². The van der Waals surface area contributed by atoms with E-state index in [4.69, 9.17) is 20.4 Å². The number of fused-ring (bicyclic) bond motifs is 3. The van der Waals surface area contributed by atoms with E-state index in [1.807, 2.05) is 0 Å². The summed E-state index contributed by atoms with van der Waals surface area (Å²) in [5, 5.41) is 1.44. The van der Waals surface area contributed by atoms with Crippen LogP contribution in [0.25, 0.3) is 21.9 Å². The van der Waals surface area contributed by atoms with E-state index < -0.39 is 10.1 Å².